The maximum absolute atomic E-state index is 13.5. The minimum atomic E-state index is -1.49. The zero-order chi connectivity index (χ0) is 21.5. The number of allylic oxidation sites excluding steroid dienone is 1. The van der Waals surface area contributed by atoms with E-state index in [1.54, 1.807) is 42.5 Å². The number of methoxy groups -OCH3 is 1. The van der Waals surface area contributed by atoms with Crippen LogP contribution < -0.4 is 0 Å². The Bertz CT molecular complexity index is 1070. The van der Waals surface area contributed by atoms with Gasteiger partial charge in [0.2, 0.25) is 0 Å². The highest BCUT2D eigenvalue weighted by atomic mass is 19.1. The first-order chi connectivity index (χ1) is 14.4. The Labute approximate surface area is 173 Å². The zero-order valence-electron chi connectivity index (χ0n) is 16.4. The summed E-state index contributed by atoms with van der Waals surface area (Å²) in [6.45, 7) is 4.02. The molecule has 1 heterocycles. The van der Waals surface area contributed by atoms with Crippen molar-refractivity contribution in [1.82, 2.24) is 4.90 Å². The fourth-order valence-corrected chi connectivity index (χ4v) is 4.50. The van der Waals surface area contributed by atoms with E-state index in [9.17, 15) is 18.8 Å². The number of hydrogen-bond donors (Lipinski definition) is 0. The molecule has 1 aliphatic heterocycles. The molecule has 1 fully saturated rings. The lowest BCUT2D eigenvalue weighted by molar-refractivity contribution is -0.153. The van der Waals surface area contributed by atoms with Crippen LogP contribution in [0, 0.1) is 11.7 Å². The Balaban J connectivity index is 1.88. The first-order valence-electron chi connectivity index (χ1n) is 9.52. The SMILES string of the molecule is C=C1C(=O)C=C2CN(C(=O)c3ccccc3)[C@@](Cc3ccc(F)cc3)(C(=O)OC)[C@H]12. The molecule has 0 radical (unpaired) electrons. The number of likely N-dealkylation sites (tertiary alicyclic amines) is 1. The number of carbonyl (C=O) groups is 3. The molecule has 5 nitrogen and oxygen atoms in total. The van der Waals surface area contributed by atoms with Crippen LogP contribution >= 0.6 is 0 Å². The minimum Gasteiger partial charge on any atom is -0.467 e. The van der Waals surface area contributed by atoms with Crippen molar-refractivity contribution >= 4 is 17.7 Å². The monoisotopic (exact) mass is 405 g/mol. The molecule has 2 aliphatic rings. The molecule has 0 aromatic heterocycles. The molecule has 1 saturated heterocycles. The first-order valence-corrected chi connectivity index (χ1v) is 9.52. The molecular weight excluding hydrogens is 385 g/mol. The van der Waals surface area contributed by atoms with Crippen LogP contribution in [-0.4, -0.2) is 41.8 Å². The van der Waals surface area contributed by atoms with Gasteiger partial charge in [0.1, 0.15) is 5.82 Å². The van der Waals surface area contributed by atoms with Crippen molar-refractivity contribution in [3.8, 4) is 0 Å². The molecule has 0 bridgehead atoms. The number of amides is 1. The van der Waals surface area contributed by atoms with E-state index >= 15 is 0 Å². The molecule has 0 unspecified atom stereocenters. The molecule has 0 saturated carbocycles. The predicted octanol–water partition coefficient (Wildman–Crippen LogP) is 3.12. The number of esters is 1. The van der Waals surface area contributed by atoms with Gasteiger partial charge in [0, 0.05) is 30.0 Å². The number of halogens is 1. The smallest absolute Gasteiger partial charge is 0.333 e. The largest absolute Gasteiger partial charge is 0.467 e. The third-order valence-corrected chi connectivity index (χ3v) is 5.84. The van der Waals surface area contributed by atoms with E-state index < -0.39 is 23.2 Å². The maximum Gasteiger partial charge on any atom is 0.333 e. The summed E-state index contributed by atoms with van der Waals surface area (Å²) in [6.07, 6.45) is 1.51. The third-order valence-electron chi connectivity index (χ3n) is 5.84. The molecule has 152 valence electrons. The maximum atomic E-state index is 13.5. The summed E-state index contributed by atoms with van der Waals surface area (Å²) >= 11 is 0. The van der Waals surface area contributed by atoms with Crippen LogP contribution in [0.4, 0.5) is 4.39 Å². The standard InChI is InChI=1S/C24H20FNO4/c1-15-20(27)12-18-14-26(22(28)17-6-4-3-5-7-17)24(21(15)18,23(29)30-2)13-16-8-10-19(25)11-9-16/h3-12,21H,1,13-14H2,2H3/t21-,24-/m1/s1. The second-order valence-electron chi connectivity index (χ2n) is 7.52. The quantitative estimate of drug-likeness (QED) is 0.579. The molecule has 1 aliphatic carbocycles. The van der Waals surface area contributed by atoms with Gasteiger partial charge < -0.3 is 9.64 Å². The van der Waals surface area contributed by atoms with Crippen molar-refractivity contribution in [2.45, 2.75) is 12.0 Å². The number of fused-ring (bicyclic) bond motifs is 1. The van der Waals surface area contributed by atoms with Gasteiger partial charge in [-0.3, -0.25) is 9.59 Å². The summed E-state index contributed by atoms with van der Waals surface area (Å²) in [5.41, 5.74) is 0.473. The number of benzene rings is 2. The Hall–Kier alpha value is -3.54. The lowest BCUT2D eigenvalue weighted by atomic mass is 9.76. The molecule has 2 aromatic carbocycles. The highest BCUT2D eigenvalue weighted by Gasteiger charge is 2.62. The number of nitrogens with zero attached hydrogens (tertiary/aromatic N) is 1. The second-order valence-corrected chi connectivity index (χ2v) is 7.52. The number of ether oxygens (including phenoxy) is 1. The van der Waals surface area contributed by atoms with Gasteiger partial charge in [-0.15, -0.1) is 0 Å². The molecule has 0 spiro atoms. The highest BCUT2D eigenvalue weighted by molar-refractivity contribution is 6.11. The van der Waals surface area contributed by atoms with Crippen molar-refractivity contribution in [2.75, 3.05) is 13.7 Å². The third kappa shape index (κ3) is 2.96. The van der Waals surface area contributed by atoms with E-state index in [1.807, 2.05) is 0 Å². The van der Waals surface area contributed by atoms with Gasteiger partial charge in [-0.1, -0.05) is 36.9 Å². The summed E-state index contributed by atoms with van der Waals surface area (Å²) in [4.78, 5) is 40.6. The normalized spacial score (nSPS) is 22.7. The highest BCUT2D eigenvalue weighted by Crippen LogP contribution is 2.49. The fraction of sp³-hybridized carbons (Fsp3) is 0.208. The zero-order valence-corrected chi connectivity index (χ0v) is 16.4. The van der Waals surface area contributed by atoms with Crippen LogP contribution in [0.25, 0.3) is 0 Å². The van der Waals surface area contributed by atoms with Gasteiger partial charge in [0.15, 0.2) is 11.3 Å². The van der Waals surface area contributed by atoms with E-state index in [1.165, 1.54) is 30.2 Å². The number of rotatable bonds is 4. The van der Waals surface area contributed by atoms with Crippen LogP contribution in [0.2, 0.25) is 0 Å². The van der Waals surface area contributed by atoms with Gasteiger partial charge in [0.05, 0.1) is 7.11 Å². The van der Waals surface area contributed by atoms with Gasteiger partial charge in [-0.25, -0.2) is 9.18 Å². The molecule has 0 N–H and O–H groups in total. The summed E-state index contributed by atoms with van der Waals surface area (Å²) in [5, 5.41) is 0. The summed E-state index contributed by atoms with van der Waals surface area (Å²) in [5.74, 6) is -2.33. The average Bonchev–Trinajstić information content (AvgIpc) is 3.23. The minimum absolute atomic E-state index is 0.0623. The van der Waals surface area contributed by atoms with Crippen LogP contribution in [0.3, 0.4) is 0 Å². The summed E-state index contributed by atoms with van der Waals surface area (Å²) in [7, 11) is 1.25. The van der Waals surface area contributed by atoms with Crippen molar-refractivity contribution in [3.05, 3.63) is 95.3 Å². The first kappa shape index (κ1) is 19.8. The summed E-state index contributed by atoms with van der Waals surface area (Å²) < 4.78 is 18.6. The van der Waals surface area contributed by atoms with Gasteiger partial charge in [-0.05, 0) is 41.5 Å². The van der Waals surface area contributed by atoms with E-state index in [-0.39, 0.29) is 30.2 Å². The molecular formula is C24H20FNO4. The summed E-state index contributed by atoms with van der Waals surface area (Å²) in [6, 6.07) is 14.3. The van der Waals surface area contributed by atoms with Crippen LogP contribution in [0.15, 0.2) is 78.4 Å². The lowest BCUT2D eigenvalue weighted by Crippen LogP contribution is -2.59. The molecule has 30 heavy (non-hydrogen) atoms. The van der Waals surface area contributed by atoms with Crippen molar-refractivity contribution in [3.63, 3.8) is 0 Å². The van der Waals surface area contributed by atoms with Crippen molar-refractivity contribution < 1.29 is 23.5 Å². The average molecular weight is 405 g/mol. The number of hydrogen-bond acceptors (Lipinski definition) is 4. The lowest BCUT2D eigenvalue weighted by Gasteiger charge is -2.39. The van der Waals surface area contributed by atoms with Gasteiger partial charge >= 0.3 is 5.97 Å². The van der Waals surface area contributed by atoms with Crippen molar-refractivity contribution in [2.24, 2.45) is 5.92 Å². The Kier molecular flexibility index (Phi) is 4.86. The number of carbonyl (C=O) groups excluding carboxylic acids is 3. The Morgan fingerprint density at radius 2 is 1.83 bits per heavy atom. The molecule has 4 rings (SSSR count). The van der Waals surface area contributed by atoms with Gasteiger partial charge in [-0.2, -0.15) is 0 Å². The number of ketones is 1. The van der Waals surface area contributed by atoms with E-state index in [4.69, 9.17) is 4.74 Å². The van der Waals surface area contributed by atoms with E-state index in [2.05, 4.69) is 6.58 Å². The second kappa shape index (κ2) is 7.37. The van der Waals surface area contributed by atoms with Crippen LogP contribution in [-0.2, 0) is 20.7 Å². The molecule has 2 atom stereocenters. The van der Waals surface area contributed by atoms with Crippen LogP contribution in [0.5, 0.6) is 0 Å². The fourth-order valence-electron chi connectivity index (χ4n) is 4.50. The topological polar surface area (TPSA) is 63.7 Å². The Morgan fingerprint density at radius 3 is 2.47 bits per heavy atom. The predicted molar refractivity (Wildman–Crippen MR) is 108 cm³/mol. The Morgan fingerprint density at radius 1 is 1.17 bits per heavy atom. The van der Waals surface area contributed by atoms with Crippen LogP contribution in [0.1, 0.15) is 15.9 Å². The van der Waals surface area contributed by atoms with Crippen molar-refractivity contribution in [1.29, 1.82) is 0 Å². The van der Waals surface area contributed by atoms with Gasteiger partial charge in [0.25, 0.3) is 5.91 Å². The van der Waals surface area contributed by atoms with E-state index in [0.29, 0.717) is 16.7 Å². The molecule has 1 amide bonds. The van der Waals surface area contributed by atoms with E-state index in [0.717, 1.165) is 0 Å². The molecule has 6 heteroatoms. The molecule has 2 aromatic rings.